The number of benzene rings is 1. The highest BCUT2D eigenvalue weighted by molar-refractivity contribution is 7.91. The summed E-state index contributed by atoms with van der Waals surface area (Å²) < 4.78 is 34.7. The van der Waals surface area contributed by atoms with Crippen LogP contribution in [0.1, 0.15) is 31.2 Å². The van der Waals surface area contributed by atoms with E-state index in [1.54, 1.807) is 7.11 Å². The minimum atomic E-state index is -3.01. The summed E-state index contributed by atoms with van der Waals surface area (Å²) in [5.74, 6) is 1.29. The highest BCUT2D eigenvalue weighted by atomic mass is 32.2. The summed E-state index contributed by atoms with van der Waals surface area (Å²) in [6.07, 6.45) is 4.19. The zero-order valence-corrected chi connectivity index (χ0v) is 13.4. The topological polar surface area (TPSA) is 78.6 Å². The SMILES string of the molecule is COc1ccc(CN)cc1OC1CCCC(S(C)(=O)=O)C1. The number of nitrogens with two attached hydrogens (primary N) is 1. The van der Waals surface area contributed by atoms with Gasteiger partial charge in [-0.05, 0) is 37.0 Å². The minimum Gasteiger partial charge on any atom is -0.493 e. The summed E-state index contributed by atoms with van der Waals surface area (Å²) in [6, 6.07) is 5.59. The lowest BCUT2D eigenvalue weighted by Gasteiger charge is -2.29. The first-order valence-corrected chi connectivity index (χ1v) is 9.12. The van der Waals surface area contributed by atoms with Crippen molar-refractivity contribution in [2.75, 3.05) is 13.4 Å². The summed E-state index contributed by atoms with van der Waals surface area (Å²) in [5.41, 5.74) is 6.61. The summed E-state index contributed by atoms with van der Waals surface area (Å²) in [7, 11) is -1.42. The number of hydrogen-bond acceptors (Lipinski definition) is 5. The van der Waals surface area contributed by atoms with Crippen molar-refractivity contribution in [1.29, 1.82) is 0 Å². The molecule has 0 heterocycles. The molecule has 2 N–H and O–H groups in total. The maximum absolute atomic E-state index is 11.7. The molecule has 0 saturated heterocycles. The lowest BCUT2D eigenvalue weighted by molar-refractivity contribution is 0.150. The van der Waals surface area contributed by atoms with Gasteiger partial charge >= 0.3 is 0 Å². The second kappa shape index (κ2) is 6.66. The van der Waals surface area contributed by atoms with Crippen molar-refractivity contribution in [2.24, 2.45) is 5.73 Å². The molecule has 1 saturated carbocycles. The van der Waals surface area contributed by atoms with Crippen LogP contribution in [-0.2, 0) is 16.4 Å². The Hall–Kier alpha value is -1.27. The molecule has 1 aliphatic carbocycles. The van der Waals surface area contributed by atoms with Crippen molar-refractivity contribution in [1.82, 2.24) is 0 Å². The summed E-state index contributed by atoms with van der Waals surface area (Å²) in [5, 5.41) is -0.306. The van der Waals surface area contributed by atoms with E-state index in [9.17, 15) is 8.42 Å². The van der Waals surface area contributed by atoms with E-state index in [1.165, 1.54) is 6.26 Å². The first kappa shape index (κ1) is 16.1. The van der Waals surface area contributed by atoms with Crippen LogP contribution in [0.15, 0.2) is 18.2 Å². The van der Waals surface area contributed by atoms with Gasteiger partial charge in [-0.2, -0.15) is 0 Å². The fraction of sp³-hybridized carbons (Fsp3) is 0.600. The summed E-state index contributed by atoms with van der Waals surface area (Å²) in [4.78, 5) is 0. The molecule has 6 heteroatoms. The molecule has 1 aliphatic rings. The van der Waals surface area contributed by atoms with E-state index >= 15 is 0 Å². The first-order valence-electron chi connectivity index (χ1n) is 7.16. The van der Waals surface area contributed by atoms with E-state index in [-0.39, 0.29) is 11.4 Å². The third kappa shape index (κ3) is 4.11. The van der Waals surface area contributed by atoms with Crippen molar-refractivity contribution < 1.29 is 17.9 Å². The fourth-order valence-corrected chi connectivity index (χ4v) is 3.88. The molecule has 0 spiro atoms. The molecule has 0 bridgehead atoms. The summed E-state index contributed by atoms with van der Waals surface area (Å²) in [6.45, 7) is 0.428. The highest BCUT2D eigenvalue weighted by Gasteiger charge is 2.30. The Morgan fingerprint density at radius 2 is 2.05 bits per heavy atom. The van der Waals surface area contributed by atoms with Crippen LogP contribution in [0.4, 0.5) is 0 Å². The van der Waals surface area contributed by atoms with E-state index in [1.807, 2.05) is 18.2 Å². The van der Waals surface area contributed by atoms with Crippen molar-refractivity contribution >= 4 is 9.84 Å². The van der Waals surface area contributed by atoms with Crippen molar-refractivity contribution in [3.8, 4) is 11.5 Å². The van der Waals surface area contributed by atoms with Crippen LogP contribution in [0.25, 0.3) is 0 Å². The fourth-order valence-electron chi connectivity index (χ4n) is 2.72. The molecule has 118 valence electrons. The maximum atomic E-state index is 11.7. The van der Waals surface area contributed by atoms with Gasteiger partial charge in [0.2, 0.25) is 0 Å². The van der Waals surface area contributed by atoms with E-state index in [0.717, 1.165) is 24.8 Å². The normalized spacial score (nSPS) is 22.8. The molecule has 2 atom stereocenters. The number of methoxy groups -OCH3 is 1. The number of ether oxygens (including phenoxy) is 2. The van der Waals surface area contributed by atoms with Crippen LogP contribution < -0.4 is 15.2 Å². The highest BCUT2D eigenvalue weighted by Crippen LogP contribution is 2.33. The van der Waals surface area contributed by atoms with Crippen LogP contribution in [0.3, 0.4) is 0 Å². The van der Waals surface area contributed by atoms with E-state index in [2.05, 4.69) is 0 Å². The third-order valence-corrected chi connectivity index (χ3v) is 5.58. The van der Waals surface area contributed by atoms with Gasteiger partial charge in [0.1, 0.15) is 15.9 Å². The maximum Gasteiger partial charge on any atom is 0.161 e. The van der Waals surface area contributed by atoms with Gasteiger partial charge in [0.25, 0.3) is 0 Å². The average Bonchev–Trinajstić information content (AvgIpc) is 2.46. The Balaban J connectivity index is 2.14. The largest absolute Gasteiger partial charge is 0.493 e. The second-order valence-corrected chi connectivity index (χ2v) is 7.87. The molecule has 1 aromatic carbocycles. The van der Waals surface area contributed by atoms with E-state index in [4.69, 9.17) is 15.2 Å². The molecule has 0 aromatic heterocycles. The van der Waals surface area contributed by atoms with Crippen LogP contribution in [-0.4, -0.2) is 33.1 Å². The van der Waals surface area contributed by atoms with Crippen LogP contribution >= 0.6 is 0 Å². The van der Waals surface area contributed by atoms with Gasteiger partial charge in [0.05, 0.1) is 12.4 Å². The Morgan fingerprint density at radius 1 is 1.29 bits per heavy atom. The predicted molar refractivity (Wildman–Crippen MR) is 82.4 cm³/mol. The molecule has 2 unspecified atom stereocenters. The van der Waals surface area contributed by atoms with Crippen molar-refractivity contribution in [3.05, 3.63) is 23.8 Å². The van der Waals surface area contributed by atoms with Gasteiger partial charge in [0, 0.05) is 19.2 Å². The summed E-state index contributed by atoms with van der Waals surface area (Å²) >= 11 is 0. The molecule has 0 amide bonds. The zero-order valence-electron chi connectivity index (χ0n) is 12.5. The van der Waals surface area contributed by atoms with Gasteiger partial charge in [-0.25, -0.2) is 8.42 Å². The van der Waals surface area contributed by atoms with Crippen LogP contribution in [0, 0.1) is 0 Å². The molecular formula is C15H23NO4S. The van der Waals surface area contributed by atoms with E-state index in [0.29, 0.717) is 24.5 Å². The Morgan fingerprint density at radius 3 is 2.67 bits per heavy atom. The molecule has 5 nitrogen and oxygen atoms in total. The molecule has 21 heavy (non-hydrogen) atoms. The Kier molecular flexibility index (Phi) is 5.11. The first-order chi connectivity index (χ1) is 9.94. The predicted octanol–water partition coefficient (Wildman–Crippen LogP) is 1.89. The minimum absolute atomic E-state index is 0.0969. The van der Waals surface area contributed by atoms with Gasteiger partial charge in [-0.15, -0.1) is 0 Å². The number of hydrogen-bond donors (Lipinski definition) is 1. The average molecular weight is 313 g/mol. The third-order valence-electron chi connectivity index (χ3n) is 3.94. The molecule has 0 aliphatic heterocycles. The smallest absolute Gasteiger partial charge is 0.161 e. The monoisotopic (exact) mass is 313 g/mol. The lowest BCUT2D eigenvalue weighted by Crippen LogP contribution is -2.33. The molecular weight excluding hydrogens is 290 g/mol. The molecule has 1 fully saturated rings. The standard InChI is InChI=1S/C15H23NO4S/c1-19-14-7-6-11(10-16)8-15(14)20-12-4-3-5-13(9-12)21(2,17)18/h6-8,12-13H,3-5,9-10,16H2,1-2H3. The molecule has 2 rings (SSSR count). The number of rotatable bonds is 5. The van der Waals surface area contributed by atoms with Gasteiger partial charge in [-0.1, -0.05) is 6.07 Å². The Bertz CT molecular complexity index is 585. The molecule has 1 aromatic rings. The number of sulfone groups is 1. The quantitative estimate of drug-likeness (QED) is 0.898. The van der Waals surface area contributed by atoms with Crippen LogP contribution in [0.5, 0.6) is 11.5 Å². The van der Waals surface area contributed by atoms with Gasteiger partial charge < -0.3 is 15.2 Å². The van der Waals surface area contributed by atoms with Crippen molar-refractivity contribution in [3.63, 3.8) is 0 Å². The van der Waals surface area contributed by atoms with Gasteiger partial charge in [0.15, 0.2) is 11.5 Å². The van der Waals surface area contributed by atoms with Gasteiger partial charge in [-0.3, -0.25) is 0 Å². The van der Waals surface area contributed by atoms with E-state index < -0.39 is 9.84 Å². The Labute approximate surface area is 126 Å². The van der Waals surface area contributed by atoms with Crippen molar-refractivity contribution in [2.45, 2.75) is 43.6 Å². The molecule has 0 radical (unpaired) electrons. The van der Waals surface area contributed by atoms with Crippen LogP contribution in [0.2, 0.25) is 0 Å². The lowest BCUT2D eigenvalue weighted by atomic mass is 9.97. The zero-order chi connectivity index (χ0) is 15.5. The second-order valence-electron chi connectivity index (χ2n) is 5.55.